The summed E-state index contributed by atoms with van der Waals surface area (Å²) in [6.45, 7) is 0.136. The number of nitrogens with two attached hydrogens (primary N) is 1. The number of anilines is 1. The fraction of sp³-hybridized carbons (Fsp3) is 0.143. The highest BCUT2D eigenvalue weighted by Crippen LogP contribution is 2.35. The van der Waals surface area contributed by atoms with E-state index in [9.17, 15) is 15.3 Å². The number of methoxy groups -OCH3 is 1. The standard InChI is InChI=1S/C28H23N5O4/c1-36-24-9-5-6-20(26(24)37-17-18-10-12-19(13-11-18)28(34)35)14-21(15-29)25-23(16-30)27(31)33(32-25)22-7-3-2-4-8-22/h2-14,23,27H,17,31H2,1H3,(H,34,35)/b21-14-/t23-,27-/m1/s1. The Balaban J connectivity index is 1.68. The number of nitrogens with zero attached hydrogens (tertiary/aromatic N) is 4. The summed E-state index contributed by atoms with van der Waals surface area (Å²) < 4.78 is 11.5. The zero-order chi connectivity index (χ0) is 26.4. The molecule has 0 spiro atoms. The number of ether oxygens (including phenoxy) is 2. The van der Waals surface area contributed by atoms with E-state index in [1.54, 1.807) is 36.4 Å². The van der Waals surface area contributed by atoms with Crippen molar-refractivity contribution < 1.29 is 19.4 Å². The summed E-state index contributed by atoms with van der Waals surface area (Å²) in [7, 11) is 1.51. The van der Waals surface area contributed by atoms with Gasteiger partial charge in [0.1, 0.15) is 24.8 Å². The topological polar surface area (TPSA) is 145 Å². The van der Waals surface area contributed by atoms with E-state index in [4.69, 9.17) is 20.3 Å². The van der Waals surface area contributed by atoms with Crippen LogP contribution in [0.15, 0.2) is 83.5 Å². The van der Waals surface area contributed by atoms with Crippen LogP contribution in [0.2, 0.25) is 0 Å². The number of rotatable bonds is 8. The van der Waals surface area contributed by atoms with Crippen LogP contribution in [-0.4, -0.2) is 30.1 Å². The number of hydrazone groups is 1. The minimum Gasteiger partial charge on any atom is -0.493 e. The van der Waals surface area contributed by atoms with Crippen LogP contribution in [0.4, 0.5) is 5.69 Å². The maximum atomic E-state index is 11.1. The molecule has 0 radical (unpaired) electrons. The van der Waals surface area contributed by atoms with Gasteiger partial charge in [-0.15, -0.1) is 0 Å². The molecule has 0 aliphatic carbocycles. The van der Waals surface area contributed by atoms with Gasteiger partial charge in [-0.1, -0.05) is 42.5 Å². The van der Waals surface area contributed by atoms with E-state index >= 15 is 0 Å². The Morgan fingerprint density at radius 2 is 1.84 bits per heavy atom. The molecule has 0 saturated carbocycles. The van der Waals surface area contributed by atoms with Crippen molar-refractivity contribution in [3.8, 4) is 23.6 Å². The molecule has 9 heteroatoms. The van der Waals surface area contributed by atoms with Crippen molar-refractivity contribution in [2.45, 2.75) is 12.8 Å². The monoisotopic (exact) mass is 493 g/mol. The van der Waals surface area contributed by atoms with Crippen LogP contribution in [0.5, 0.6) is 11.5 Å². The Hall–Kier alpha value is -5.12. The van der Waals surface area contributed by atoms with Gasteiger partial charge in [0.05, 0.1) is 35.7 Å². The van der Waals surface area contributed by atoms with Crippen LogP contribution in [0.1, 0.15) is 21.5 Å². The van der Waals surface area contributed by atoms with Crippen LogP contribution >= 0.6 is 0 Å². The Bertz CT molecular complexity index is 1440. The molecule has 1 aliphatic heterocycles. The van der Waals surface area contributed by atoms with E-state index in [1.165, 1.54) is 24.3 Å². The number of nitriles is 2. The number of benzene rings is 3. The summed E-state index contributed by atoms with van der Waals surface area (Å²) >= 11 is 0. The highest BCUT2D eigenvalue weighted by atomic mass is 16.5. The van der Waals surface area contributed by atoms with Gasteiger partial charge < -0.3 is 20.3 Å². The minimum absolute atomic E-state index is 0.136. The van der Waals surface area contributed by atoms with Crippen LogP contribution in [-0.2, 0) is 6.61 Å². The van der Waals surface area contributed by atoms with E-state index in [0.29, 0.717) is 22.7 Å². The number of carboxylic acid groups (broad SMARTS) is 1. The number of aromatic carboxylic acids is 1. The minimum atomic E-state index is -1.01. The van der Waals surface area contributed by atoms with E-state index in [1.807, 2.05) is 30.3 Å². The van der Waals surface area contributed by atoms with E-state index in [-0.39, 0.29) is 23.5 Å². The summed E-state index contributed by atoms with van der Waals surface area (Å²) in [4.78, 5) is 11.1. The molecule has 2 atom stereocenters. The molecule has 4 rings (SSSR count). The Morgan fingerprint density at radius 3 is 2.46 bits per heavy atom. The number of carboxylic acids is 1. The van der Waals surface area contributed by atoms with Gasteiger partial charge in [0.15, 0.2) is 11.5 Å². The summed E-state index contributed by atoms with van der Waals surface area (Å²) in [6.07, 6.45) is 0.837. The number of hydrogen-bond donors (Lipinski definition) is 2. The first-order valence-corrected chi connectivity index (χ1v) is 11.3. The van der Waals surface area contributed by atoms with Crippen molar-refractivity contribution in [2.24, 2.45) is 16.8 Å². The molecule has 0 fully saturated rings. The van der Waals surface area contributed by atoms with Gasteiger partial charge in [-0.3, -0.25) is 0 Å². The lowest BCUT2D eigenvalue weighted by Crippen LogP contribution is -2.40. The second-order valence-corrected chi connectivity index (χ2v) is 8.10. The van der Waals surface area contributed by atoms with Crippen LogP contribution in [0.3, 0.4) is 0 Å². The second-order valence-electron chi connectivity index (χ2n) is 8.10. The fourth-order valence-electron chi connectivity index (χ4n) is 3.90. The lowest BCUT2D eigenvalue weighted by Gasteiger charge is -2.21. The van der Waals surface area contributed by atoms with Gasteiger partial charge in [-0.2, -0.15) is 15.6 Å². The molecule has 37 heavy (non-hydrogen) atoms. The highest BCUT2D eigenvalue weighted by Gasteiger charge is 2.37. The lowest BCUT2D eigenvalue weighted by atomic mass is 9.95. The first-order valence-electron chi connectivity index (χ1n) is 11.3. The normalized spacial score (nSPS) is 16.9. The Kier molecular flexibility index (Phi) is 7.48. The summed E-state index contributed by atoms with van der Waals surface area (Å²) in [5, 5.41) is 35.0. The highest BCUT2D eigenvalue weighted by molar-refractivity contribution is 6.12. The molecular formula is C28H23N5O4. The molecule has 3 aromatic rings. The number of carbonyl (C=O) groups is 1. The SMILES string of the molecule is COc1cccc(/C=C(/C#N)C2=NN(c3ccccc3)[C@@H](N)[C@@H]2C#N)c1OCc1ccc(C(=O)O)cc1. The first kappa shape index (κ1) is 25.0. The lowest BCUT2D eigenvalue weighted by molar-refractivity contribution is 0.0697. The average Bonchev–Trinajstić information content (AvgIpc) is 3.27. The molecule has 1 aliphatic rings. The van der Waals surface area contributed by atoms with Gasteiger partial charge in [0, 0.05) is 5.56 Å². The third kappa shape index (κ3) is 5.27. The van der Waals surface area contributed by atoms with Crippen molar-refractivity contribution in [1.29, 1.82) is 10.5 Å². The molecule has 0 amide bonds. The average molecular weight is 494 g/mol. The van der Waals surface area contributed by atoms with Crippen LogP contribution in [0.25, 0.3) is 6.08 Å². The van der Waals surface area contributed by atoms with Gasteiger partial charge >= 0.3 is 5.97 Å². The smallest absolute Gasteiger partial charge is 0.335 e. The molecule has 3 aromatic carbocycles. The fourth-order valence-corrected chi connectivity index (χ4v) is 3.90. The van der Waals surface area contributed by atoms with Crippen molar-refractivity contribution in [2.75, 3.05) is 12.1 Å². The number of para-hydroxylation sites is 2. The number of allylic oxidation sites excluding steroid dienone is 1. The van der Waals surface area contributed by atoms with E-state index in [0.717, 1.165) is 5.56 Å². The van der Waals surface area contributed by atoms with Gasteiger partial charge in [0.2, 0.25) is 0 Å². The largest absolute Gasteiger partial charge is 0.493 e. The zero-order valence-corrected chi connectivity index (χ0v) is 19.9. The molecule has 0 bridgehead atoms. The van der Waals surface area contributed by atoms with Gasteiger partial charge in [0.25, 0.3) is 0 Å². The molecule has 3 N–H and O–H groups in total. The first-order chi connectivity index (χ1) is 18.0. The molecule has 0 saturated heterocycles. The molecule has 9 nitrogen and oxygen atoms in total. The third-order valence-electron chi connectivity index (χ3n) is 5.80. The van der Waals surface area contributed by atoms with Crippen molar-refractivity contribution in [1.82, 2.24) is 0 Å². The predicted octanol–water partition coefficient (Wildman–Crippen LogP) is 4.18. The zero-order valence-electron chi connectivity index (χ0n) is 19.9. The van der Waals surface area contributed by atoms with E-state index in [2.05, 4.69) is 17.2 Å². The quantitative estimate of drug-likeness (QED) is 0.445. The second kappa shape index (κ2) is 11.1. The van der Waals surface area contributed by atoms with Crippen molar-refractivity contribution in [3.05, 3.63) is 95.1 Å². The molecule has 0 unspecified atom stereocenters. The Morgan fingerprint density at radius 1 is 1.11 bits per heavy atom. The van der Waals surface area contributed by atoms with Gasteiger partial charge in [-0.25, -0.2) is 9.80 Å². The molecular weight excluding hydrogens is 470 g/mol. The number of hydrogen-bond acceptors (Lipinski definition) is 8. The Labute approximate surface area is 213 Å². The van der Waals surface area contributed by atoms with Crippen LogP contribution < -0.4 is 20.2 Å². The molecule has 184 valence electrons. The summed E-state index contributed by atoms with van der Waals surface area (Å²) in [6, 6.07) is 25.1. The van der Waals surface area contributed by atoms with Crippen LogP contribution in [0, 0.1) is 28.6 Å². The summed E-state index contributed by atoms with van der Waals surface area (Å²) in [5.41, 5.74) is 8.95. The van der Waals surface area contributed by atoms with E-state index < -0.39 is 18.1 Å². The van der Waals surface area contributed by atoms with Crippen molar-refractivity contribution >= 4 is 23.4 Å². The predicted molar refractivity (Wildman–Crippen MR) is 138 cm³/mol. The van der Waals surface area contributed by atoms with Gasteiger partial charge in [-0.05, 0) is 42.0 Å². The molecule has 1 heterocycles. The maximum Gasteiger partial charge on any atom is 0.335 e. The maximum absolute atomic E-state index is 11.1. The summed E-state index contributed by atoms with van der Waals surface area (Å²) in [5.74, 6) is -1.00. The third-order valence-corrected chi connectivity index (χ3v) is 5.80. The molecule has 0 aromatic heterocycles. The van der Waals surface area contributed by atoms with Crippen molar-refractivity contribution in [3.63, 3.8) is 0 Å².